The summed E-state index contributed by atoms with van der Waals surface area (Å²) in [5.41, 5.74) is 15.0. The van der Waals surface area contributed by atoms with Gasteiger partial charge in [-0.05, 0) is 36.6 Å². The van der Waals surface area contributed by atoms with Crippen LogP contribution in [0.25, 0.3) is 0 Å². The zero-order chi connectivity index (χ0) is 11.9. The molecule has 4 N–H and O–H groups in total. The zero-order valence-corrected chi connectivity index (χ0v) is 10.1. The predicted octanol–water partition coefficient (Wildman–Crippen LogP) is 1.75. The number of hydrogen-bond donors (Lipinski definition) is 2. The van der Waals surface area contributed by atoms with Crippen molar-refractivity contribution in [2.24, 2.45) is 16.9 Å². The summed E-state index contributed by atoms with van der Waals surface area (Å²) in [7, 11) is 0. The maximum Gasteiger partial charge on any atom is 0.122 e. The molecule has 1 heterocycles. The van der Waals surface area contributed by atoms with Crippen molar-refractivity contribution in [1.29, 1.82) is 0 Å². The van der Waals surface area contributed by atoms with Crippen LogP contribution in [0.2, 0.25) is 0 Å². The Labute approximate surface area is 102 Å². The third-order valence-corrected chi connectivity index (χ3v) is 4.49. The van der Waals surface area contributed by atoms with Crippen LogP contribution >= 0.6 is 0 Å². The number of hydrogen-bond acceptors (Lipinski definition) is 3. The molecule has 2 aliphatic rings. The second-order valence-corrected chi connectivity index (χ2v) is 5.36. The quantitative estimate of drug-likeness (QED) is 0.834. The lowest BCUT2D eigenvalue weighted by Crippen LogP contribution is -2.46. The molecule has 1 unspecified atom stereocenters. The largest absolute Gasteiger partial charge is 0.493 e. The van der Waals surface area contributed by atoms with Crippen LogP contribution < -0.4 is 16.2 Å². The summed E-state index contributed by atoms with van der Waals surface area (Å²) in [5, 5.41) is 0. The molecule has 1 saturated carbocycles. The molecule has 0 saturated heterocycles. The third kappa shape index (κ3) is 1.65. The van der Waals surface area contributed by atoms with Gasteiger partial charge in [-0.25, -0.2) is 0 Å². The molecule has 3 rings (SSSR count). The SMILES string of the molecule is NCC1(C(N)c2ccc3c(c2)CCO3)CCC1. The summed E-state index contributed by atoms with van der Waals surface area (Å²) >= 11 is 0. The minimum absolute atomic E-state index is 0.0761. The molecule has 0 radical (unpaired) electrons. The molecular weight excluding hydrogens is 212 g/mol. The van der Waals surface area contributed by atoms with E-state index in [9.17, 15) is 0 Å². The first-order valence-corrected chi connectivity index (χ1v) is 6.46. The highest BCUT2D eigenvalue weighted by Gasteiger charge is 2.41. The van der Waals surface area contributed by atoms with E-state index in [2.05, 4.69) is 18.2 Å². The highest BCUT2D eigenvalue weighted by molar-refractivity contribution is 5.41. The summed E-state index contributed by atoms with van der Waals surface area (Å²) in [6.45, 7) is 1.50. The molecule has 1 aromatic rings. The van der Waals surface area contributed by atoms with Gasteiger partial charge < -0.3 is 16.2 Å². The summed E-state index contributed by atoms with van der Waals surface area (Å²) in [4.78, 5) is 0. The zero-order valence-electron chi connectivity index (χ0n) is 10.1. The first-order chi connectivity index (χ1) is 8.25. The molecule has 1 aromatic carbocycles. The van der Waals surface area contributed by atoms with Crippen molar-refractivity contribution < 1.29 is 4.74 Å². The van der Waals surface area contributed by atoms with E-state index in [0.29, 0.717) is 6.54 Å². The molecule has 0 amide bonds. The lowest BCUT2D eigenvalue weighted by atomic mass is 9.62. The number of fused-ring (bicyclic) bond motifs is 1. The molecule has 3 nitrogen and oxygen atoms in total. The fraction of sp³-hybridized carbons (Fsp3) is 0.571. The molecular formula is C14H20N2O. The van der Waals surface area contributed by atoms with Gasteiger partial charge in [0.05, 0.1) is 6.61 Å². The van der Waals surface area contributed by atoms with Crippen molar-refractivity contribution in [3.63, 3.8) is 0 Å². The number of benzene rings is 1. The second kappa shape index (κ2) is 4.00. The molecule has 17 heavy (non-hydrogen) atoms. The number of ether oxygens (including phenoxy) is 1. The molecule has 1 aliphatic carbocycles. The van der Waals surface area contributed by atoms with E-state index in [1.165, 1.54) is 17.5 Å². The molecule has 0 bridgehead atoms. The lowest BCUT2D eigenvalue weighted by molar-refractivity contribution is 0.104. The van der Waals surface area contributed by atoms with Crippen molar-refractivity contribution in [3.8, 4) is 5.75 Å². The predicted molar refractivity (Wildman–Crippen MR) is 67.9 cm³/mol. The highest BCUT2D eigenvalue weighted by atomic mass is 16.5. The van der Waals surface area contributed by atoms with Gasteiger partial charge in [0.15, 0.2) is 0 Å². The van der Waals surface area contributed by atoms with Crippen molar-refractivity contribution in [3.05, 3.63) is 29.3 Å². The average Bonchev–Trinajstić information content (AvgIpc) is 2.74. The van der Waals surface area contributed by atoms with Crippen LogP contribution in [0.4, 0.5) is 0 Å². The Morgan fingerprint density at radius 3 is 2.82 bits per heavy atom. The summed E-state index contributed by atoms with van der Waals surface area (Å²) in [6, 6.07) is 6.44. The van der Waals surface area contributed by atoms with Gasteiger partial charge in [0, 0.05) is 17.9 Å². The van der Waals surface area contributed by atoms with E-state index in [0.717, 1.165) is 31.6 Å². The first kappa shape index (κ1) is 11.1. The second-order valence-electron chi connectivity index (χ2n) is 5.36. The number of nitrogens with two attached hydrogens (primary N) is 2. The van der Waals surface area contributed by atoms with Gasteiger partial charge in [0.1, 0.15) is 5.75 Å². The van der Waals surface area contributed by atoms with Crippen LogP contribution in [-0.4, -0.2) is 13.2 Å². The van der Waals surface area contributed by atoms with Crippen molar-refractivity contribution in [2.75, 3.05) is 13.2 Å². The van der Waals surface area contributed by atoms with Gasteiger partial charge >= 0.3 is 0 Å². The van der Waals surface area contributed by atoms with Gasteiger partial charge in [-0.2, -0.15) is 0 Å². The minimum Gasteiger partial charge on any atom is -0.493 e. The van der Waals surface area contributed by atoms with E-state index in [4.69, 9.17) is 16.2 Å². The van der Waals surface area contributed by atoms with E-state index < -0.39 is 0 Å². The Balaban J connectivity index is 1.88. The van der Waals surface area contributed by atoms with Crippen LogP contribution in [-0.2, 0) is 6.42 Å². The van der Waals surface area contributed by atoms with E-state index >= 15 is 0 Å². The number of rotatable bonds is 3. The van der Waals surface area contributed by atoms with Crippen LogP contribution in [0.15, 0.2) is 18.2 Å². The fourth-order valence-corrected chi connectivity index (χ4v) is 3.03. The lowest BCUT2D eigenvalue weighted by Gasteiger charge is -2.45. The Kier molecular flexibility index (Phi) is 2.60. The van der Waals surface area contributed by atoms with Gasteiger partial charge in [0.25, 0.3) is 0 Å². The maximum absolute atomic E-state index is 6.42. The third-order valence-electron chi connectivity index (χ3n) is 4.49. The van der Waals surface area contributed by atoms with Gasteiger partial charge in [-0.15, -0.1) is 0 Å². The van der Waals surface area contributed by atoms with E-state index in [1.807, 2.05) is 0 Å². The van der Waals surface area contributed by atoms with Crippen LogP contribution in [0.1, 0.15) is 36.4 Å². The molecule has 1 fully saturated rings. The molecule has 0 spiro atoms. The standard InChI is InChI=1S/C14H20N2O/c15-9-14(5-1-6-14)13(16)11-2-3-12-10(8-11)4-7-17-12/h2-3,8,13H,1,4-7,9,15-16H2. The van der Waals surface area contributed by atoms with Crippen molar-refractivity contribution in [2.45, 2.75) is 31.7 Å². The van der Waals surface area contributed by atoms with Crippen LogP contribution in [0.3, 0.4) is 0 Å². The van der Waals surface area contributed by atoms with Crippen molar-refractivity contribution in [1.82, 2.24) is 0 Å². The monoisotopic (exact) mass is 232 g/mol. The van der Waals surface area contributed by atoms with Crippen LogP contribution in [0, 0.1) is 5.41 Å². The summed E-state index contributed by atoms with van der Waals surface area (Å²) < 4.78 is 5.52. The maximum atomic E-state index is 6.42. The molecule has 3 heteroatoms. The van der Waals surface area contributed by atoms with Gasteiger partial charge in [0.2, 0.25) is 0 Å². The Hall–Kier alpha value is -1.06. The fourth-order valence-electron chi connectivity index (χ4n) is 3.03. The minimum atomic E-state index is 0.0761. The van der Waals surface area contributed by atoms with Crippen molar-refractivity contribution >= 4 is 0 Å². The smallest absolute Gasteiger partial charge is 0.122 e. The Morgan fingerprint density at radius 2 is 2.18 bits per heavy atom. The van der Waals surface area contributed by atoms with E-state index in [-0.39, 0.29) is 11.5 Å². The van der Waals surface area contributed by atoms with Gasteiger partial charge in [-0.1, -0.05) is 18.6 Å². The van der Waals surface area contributed by atoms with Gasteiger partial charge in [-0.3, -0.25) is 0 Å². The topological polar surface area (TPSA) is 61.3 Å². The average molecular weight is 232 g/mol. The highest BCUT2D eigenvalue weighted by Crippen LogP contribution is 2.48. The summed E-state index contributed by atoms with van der Waals surface area (Å²) in [5.74, 6) is 1.02. The molecule has 1 aliphatic heterocycles. The Morgan fingerprint density at radius 1 is 1.35 bits per heavy atom. The molecule has 1 atom stereocenters. The summed E-state index contributed by atoms with van der Waals surface area (Å²) in [6.07, 6.45) is 4.60. The van der Waals surface area contributed by atoms with E-state index in [1.54, 1.807) is 0 Å². The normalized spacial score (nSPS) is 22.5. The molecule has 92 valence electrons. The Bertz CT molecular complexity index is 421. The van der Waals surface area contributed by atoms with Crippen LogP contribution in [0.5, 0.6) is 5.75 Å². The first-order valence-electron chi connectivity index (χ1n) is 6.46. The molecule has 0 aromatic heterocycles.